The average molecular weight is 327 g/mol. The van der Waals surface area contributed by atoms with Crippen molar-refractivity contribution < 1.29 is 14.0 Å². The average Bonchev–Trinajstić information content (AvgIpc) is 2.75. The lowest BCUT2D eigenvalue weighted by Gasteiger charge is -2.12. The number of imide groups is 1. The molecule has 0 unspecified atom stereocenters. The molecular formula is C18H14FNO2S. The van der Waals surface area contributed by atoms with Crippen LogP contribution in [0.4, 0.5) is 9.18 Å². The molecule has 2 aromatic carbocycles. The van der Waals surface area contributed by atoms with Gasteiger partial charge < -0.3 is 0 Å². The third-order valence-electron chi connectivity index (χ3n) is 3.44. The minimum Gasteiger partial charge on any atom is -0.268 e. The SMILES string of the molecule is Cc1cccc(CN2C(=O)S/C(=C/c3cccc(F)c3)C2=O)c1. The smallest absolute Gasteiger partial charge is 0.268 e. The number of carbonyl (C=O) groups excluding carboxylic acids is 2. The third kappa shape index (κ3) is 3.51. The molecule has 0 radical (unpaired) electrons. The zero-order valence-electron chi connectivity index (χ0n) is 12.5. The molecule has 2 aromatic rings. The van der Waals surface area contributed by atoms with E-state index in [-0.39, 0.29) is 23.5 Å². The van der Waals surface area contributed by atoms with Crippen molar-refractivity contribution in [2.75, 3.05) is 0 Å². The predicted molar refractivity (Wildman–Crippen MR) is 89.1 cm³/mol. The summed E-state index contributed by atoms with van der Waals surface area (Å²) in [5.41, 5.74) is 2.54. The van der Waals surface area contributed by atoms with E-state index in [2.05, 4.69) is 0 Å². The van der Waals surface area contributed by atoms with Gasteiger partial charge in [0.15, 0.2) is 0 Å². The second-order valence-electron chi connectivity index (χ2n) is 5.31. The van der Waals surface area contributed by atoms with Gasteiger partial charge in [-0.3, -0.25) is 14.5 Å². The molecule has 5 heteroatoms. The molecule has 0 saturated carbocycles. The first-order valence-corrected chi connectivity index (χ1v) is 7.91. The first-order chi connectivity index (χ1) is 11.0. The number of nitrogens with zero attached hydrogens (tertiary/aromatic N) is 1. The first kappa shape index (κ1) is 15.5. The van der Waals surface area contributed by atoms with Crippen LogP contribution in [-0.4, -0.2) is 16.0 Å². The monoisotopic (exact) mass is 327 g/mol. The van der Waals surface area contributed by atoms with Crippen LogP contribution < -0.4 is 0 Å². The van der Waals surface area contributed by atoms with Crippen molar-refractivity contribution in [3.05, 3.63) is 75.9 Å². The fourth-order valence-corrected chi connectivity index (χ4v) is 3.22. The number of rotatable bonds is 3. The number of hydrogen-bond acceptors (Lipinski definition) is 3. The van der Waals surface area contributed by atoms with Gasteiger partial charge in [-0.05, 0) is 48.0 Å². The van der Waals surface area contributed by atoms with Crippen LogP contribution in [0, 0.1) is 12.7 Å². The largest absolute Gasteiger partial charge is 0.293 e. The lowest BCUT2D eigenvalue weighted by atomic mass is 10.1. The topological polar surface area (TPSA) is 37.4 Å². The Morgan fingerprint density at radius 1 is 1.13 bits per heavy atom. The molecule has 0 atom stereocenters. The Hall–Kier alpha value is -2.40. The standard InChI is InChI=1S/C18H14FNO2S/c1-12-4-2-6-14(8-12)11-20-17(21)16(23-18(20)22)10-13-5-3-7-15(19)9-13/h2-10H,11H2,1H3/b16-10+. The van der Waals surface area contributed by atoms with Crippen LogP contribution in [0.3, 0.4) is 0 Å². The number of thioether (sulfide) groups is 1. The number of halogens is 1. The first-order valence-electron chi connectivity index (χ1n) is 7.09. The van der Waals surface area contributed by atoms with Crippen molar-refractivity contribution in [2.24, 2.45) is 0 Å². The van der Waals surface area contributed by atoms with Crippen LogP contribution in [0.1, 0.15) is 16.7 Å². The van der Waals surface area contributed by atoms with Crippen molar-refractivity contribution >= 4 is 29.0 Å². The van der Waals surface area contributed by atoms with Gasteiger partial charge in [-0.15, -0.1) is 0 Å². The summed E-state index contributed by atoms with van der Waals surface area (Å²) in [7, 11) is 0. The lowest BCUT2D eigenvalue weighted by molar-refractivity contribution is -0.123. The summed E-state index contributed by atoms with van der Waals surface area (Å²) in [5.74, 6) is -0.719. The molecule has 0 N–H and O–H groups in total. The summed E-state index contributed by atoms with van der Waals surface area (Å²) in [6.07, 6.45) is 1.55. The van der Waals surface area contributed by atoms with Gasteiger partial charge >= 0.3 is 0 Å². The molecule has 1 aliphatic heterocycles. The molecule has 23 heavy (non-hydrogen) atoms. The van der Waals surface area contributed by atoms with E-state index in [9.17, 15) is 14.0 Å². The lowest BCUT2D eigenvalue weighted by Crippen LogP contribution is -2.27. The Labute approximate surface area is 137 Å². The molecule has 0 bridgehead atoms. The Bertz CT molecular complexity index is 816. The van der Waals surface area contributed by atoms with Gasteiger partial charge in [-0.2, -0.15) is 0 Å². The summed E-state index contributed by atoms with van der Waals surface area (Å²) in [5, 5.41) is -0.306. The van der Waals surface area contributed by atoms with E-state index in [4.69, 9.17) is 0 Å². The van der Waals surface area contributed by atoms with Gasteiger partial charge in [-0.25, -0.2) is 4.39 Å². The highest BCUT2D eigenvalue weighted by molar-refractivity contribution is 8.18. The van der Waals surface area contributed by atoms with Gasteiger partial charge in [0.2, 0.25) is 0 Å². The van der Waals surface area contributed by atoms with E-state index in [0.717, 1.165) is 22.9 Å². The Kier molecular flexibility index (Phi) is 4.30. The Morgan fingerprint density at radius 3 is 2.65 bits per heavy atom. The van der Waals surface area contributed by atoms with E-state index in [1.54, 1.807) is 18.2 Å². The van der Waals surface area contributed by atoms with E-state index in [1.807, 2.05) is 31.2 Å². The summed E-state index contributed by atoms with van der Waals surface area (Å²) in [4.78, 5) is 26.0. The minimum atomic E-state index is -0.377. The van der Waals surface area contributed by atoms with Gasteiger partial charge in [-0.1, -0.05) is 42.0 Å². The fraction of sp³-hybridized carbons (Fsp3) is 0.111. The number of aryl methyl sites for hydroxylation is 1. The van der Waals surface area contributed by atoms with E-state index < -0.39 is 0 Å². The van der Waals surface area contributed by atoms with Gasteiger partial charge in [0.05, 0.1) is 11.4 Å². The molecular weight excluding hydrogens is 313 g/mol. The van der Waals surface area contributed by atoms with E-state index >= 15 is 0 Å². The molecule has 0 aliphatic carbocycles. The maximum atomic E-state index is 13.2. The maximum absolute atomic E-state index is 13.2. The highest BCUT2D eigenvalue weighted by atomic mass is 32.2. The molecule has 116 valence electrons. The zero-order chi connectivity index (χ0) is 16.4. The van der Waals surface area contributed by atoms with Crippen LogP contribution in [0.25, 0.3) is 6.08 Å². The molecule has 3 rings (SSSR count). The van der Waals surface area contributed by atoms with Gasteiger partial charge in [0.1, 0.15) is 5.82 Å². The highest BCUT2D eigenvalue weighted by Gasteiger charge is 2.34. The highest BCUT2D eigenvalue weighted by Crippen LogP contribution is 2.33. The van der Waals surface area contributed by atoms with Gasteiger partial charge in [0, 0.05) is 0 Å². The molecule has 0 aromatic heterocycles. The Morgan fingerprint density at radius 2 is 1.91 bits per heavy atom. The predicted octanol–water partition coefficient (Wildman–Crippen LogP) is 4.37. The summed E-state index contributed by atoms with van der Waals surface area (Å²) in [6.45, 7) is 2.20. The third-order valence-corrected chi connectivity index (χ3v) is 4.35. The summed E-state index contributed by atoms with van der Waals surface area (Å²) >= 11 is 0.882. The molecule has 1 heterocycles. The second-order valence-corrected chi connectivity index (χ2v) is 6.31. The molecule has 1 fully saturated rings. The molecule has 1 aliphatic rings. The maximum Gasteiger partial charge on any atom is 0.293 e. The molecule has 0 spiro atoms. The van der Waals surface area contributed by atoms with Crippen LogP contribution in [-0.2, 0) is 11.3 Å². The normalized spacial score (nSPS) is 16.4. The number of benzene rings is 2. The van der Waals surface area contributed by atoms with Crippen LogP contribution >= 0.6 is 11.8 Å². The molecule has 3 nitrogen and oxygen atoms in total. The quantitative estimate of drug-likeness (QED) is 0.786. The van der Waals surface area contributed by atoms with Crippen molar-refractivity contribution in [2.45, 2.75) is 13.5 Å². The Balaban J connectivity index is 1.82. The van der Waals surface area contributed by atoms with Crippen molar-refractivity contribution in [1.82, 2.24) is 4.90 Å². The van der Waals surface area contributed by atoms with Crippen molar-refractivity contribution in [3.8, 4) is 0 Å². The molecule has 1 saturated heterocycles. The minimum absolute atomic E-state index is 0.243. The number of amides is 2. The van der Waals surface area contributed by atoms with Crippen LogP contribution in [0.15, 0.2) is 53.4 Å². The second kappa shape index (κ2) is 6.38. The number of carbonyl (C=O) groups is 2. The fourth-order valence-electron chi connectivity index (χ4n) is 2.38. The van der Waals surface area contributed by atoms with E-state index in [1.165, 1.54) is 17.0 Å². The summed E-state index contributed by atoms with van der Waals surface area (Å²) in [6, 6.07) is 13.6. The molecule has 2 amide bonds. The zero-order valence-corrected chi connectivity index (χ0v) is 13.3. The van der Waals surface area contributed by atoms with Crippen molar-refractivity contribution in [3.63, 3.8) is 0 Å². The van der Waals surface area contributed by atoms with Crippen molar-refractivity contribution in [1.29, 1.82) is 0 Å². The number of hydrogen-bond donors (Lipinski definition) is 0. The van der Waals surface area contributed by atoms with E-state index in [0.29, 0.717) is 10.5 Å². The van der Waals surface area contributed by atoms with Crippen LogP contribution in [0.2, 0.25) is 0 Å². The summed E-state index contributed by atoms with van der Waals surface area (Å²) < 4.78 is 13.2. The van der Waals surface area contributed by atoms with Gasteiger partial charge in [0.25, 0.3) is 11.1 Å². The van der Waals surface area contributed by atoms with Crippen LogP contribution in [0.5, 0.6) is 0 Å².